The number of nitrogens with two attached hydrogens (primary N) is 1. The van der Waals surface area contributed by atoms with Crippen LogP contribution in [0.2, 0.25) is 0 Å². The van der Waals surface area contributed by atoms with Gasteiger partial charge in [0.2, 0.25) is 0 Å². The maximum atomic E-state index is 12.2. The van der Waals surface area contributed by atoms with Crippen LogP contribution in [-0.2, 0) is 10.9 Å². The molecular weight excluding hydrogens is 207 g/mol. The Morgan fingerprint density at radius 3 is 2.13 bits per heavy atom. The van der Waals surface area contributed by atoms with E-state index in [0.29, 0.717) is 5.56 Å². The zero-order valence-electron chi connectivity index (χ0n) is 8.21. The van der Waals surface area contributed by atoms with Crippen LogP contribution >= 0.6 is 0 Å². The summed E-state index contributed by atoms with van der Waals surface area (Å²) in [4.78, 5) is 0. The summed E-state index contributed by atoms with van der Waals surface area (Å²) in [5.74, 6) is 0. The average molecular weight is 219 g/mol. The molecule has 0 aliphatic rings. The molecule has 0 aromatic heterocycles. The van der Waals surface area contributed by atoms with Gasteiger partial charge in [-0.15, -0.1) is 0 Å². The van der Waals surface area contributed by atoms with Gasteiger partial charge >= 0.3 is 6.18 Å². The highest BCUT2D eigenvalue weighted by molar-refractivity contribution is 5.26. The molecule has 1 aromatic carbocycles. The Labute approximate surface area is 85.8 Å². The first-order chi connectivity index (χ1) is 6.99. The number of benzene rings is 1. The number of alkyl halides is 3. The van der Waals surface area contributed by atoms with Gasteiger partial charge in [0.25, 0.3) is 0 Å². The minimum absolute atomic E-state index is 0.238. The zero-order valence-corrected chi connectivity index (χ0v) is 8.21. The van der Waals surface area contributed by atoms with Crippen molar-refractivity contribution in [3.63, 3.8) is 0 Å². The Kier molecular flexibility index (Phi) is 3.71. The second kappa shape index (κ2) is 4.63. The fourth-order valence-corrected chi connectivity index (χ4v) is 1.26. The van der Waals surface area contributed by atoms with E-state index < -0.39 is 11.7 Å². The Hall–Kier alpha value is -1.07. The van der Waals surface area contributed by atoms with E-state index in [1.165, 1.54) is 19.2 Å². The first kappa shape index (κ1) is 12.0. The Morgan fingerprint density at radius 2 is 1.80 bits per heavy atom. The van der Waals surface area contributed by atoms with Crippen LogP contribution in [0.15, 0.2) is 24.3 Å². The number of hydrogen-bond donors (Lipinski definition) is 1. The lowest BCUT2D eigenvalue weighted by Gasteiger charge is -2.14. The van der Waals surface area contributed by atoms with E-state index in [1.54, 1.807) is 0 Å². The normalized spacial score (nSPS) is 13.9. The van der Waals surface area contributed by atoms with Crippen molar-refractivity contribution in [2.45, 2.75) is 12.3 Å². The molecule has 1 aromatic rings. The first-order valence-electron chi connectivity index (χ1n) is 4.39. The second-order valence-corrected chi connectivity index (χ2v) is 3.08. The summed E-state index contributed by atoms with van der Waals surface area (Å²) in [5, 5.41) is 0. The summed E-state index contributed by atoms with van der Waals surface area (Å²) < 4.78 is 41.7. The molecule has 0 fully saturated rings. The highest BCUT2D eigenvalue weighted by Crippen LogP contribution is 2.30. The molecule has 15 heavy (non-hydrogen) atoms. The molecule has 0 saturated carbocycles. The van der Waals surface area contributed by atoms with E-state index in [9.17, 15) is 13.2 Å². The van der Waals surface area contributed by atoms with Crippen molar-refractivity contribution >= 4 is 0 Å². The van der Waals surface area contributed by atoms with Crippen molar-refractivity contribution in [1.82, 2.24) is 0 Å². The molecule has 1 rings (SSSR count). The molecule has 0 heterocycles. The van der Waals surface area contributed by atoms with Gasteiger partial charge in [-0.25, -0.2) is 0 Å². The minimum Gasteiger partial charge on any atom is -0.375 e. The standard InChI is InChI=1S/C10H12F3NO/c1-15-9(6-14)7-2-4-8(5-3-7)10(11,12)13/h2-5,9H,6,14H2,1H3. The van der Waals surface area contributed by atoms with Crippen LogP contribution < -0.4 is 5.73 Å². The maximum absolute atomic E-state index is 12.2. The number of rotatable bonds is 3. The molecular formula is C10H12F3NO. The lowest BCUT2D eigenvalue weighted by molar-refractivity contribution is -0.137. The van der Waals surface area contributed by atoms with Gasteiger partial charge in [-0.05, 0) is 17.7 Å². The van der Waals surface area contributed by atoms with E-state index >= 15 is 0 Å². The number of ether oxygens (including phenoxy) is 1. The highest BCUT2D eigenvalue weighted by atomic mass is 19.4. The van der Waals surface area contributed by atoms with Gasteiger partial charge in [-0.1, -0.05) is 12.1 Å². The lowest BCUT2D eigenvalue weighted by Crippen LogP contribution is -2.14. The van der Waals surface area contributed by atoms with Crippen LogP contribution in [0.5, 0.6) is 0 Å². The predicted molar refractivity (Wildman–Crippen MR) is 50.2 cm³/mol. The number of halogens is 3. The van der Waals surface area contributed by atoms with Gasteiger partial charge in [0.15, 0.2) is 0 Å². The number of methoxy groups -OCH3 is 1. The molecule has 1 atom stereocenters. The summed E-state index contributed by atoms with van der Waals surface area (Å²) >= 11 is 0. The SMILES string of the molecule is COC(CN)c1ccc(C(F)(F)F)cc1. The molecule has 0 spiro atoms. The summed E-state index contributed by atoms with van der Waals surface area (Å²) in [7, 11) is 1.47. The highest BCUT2D eigenvalue weighted by Gasteiger charge is 2.30. The molecule has 84 valence electrons. The number of hydrogen-bond acceptors (Lipinski definition) is 2. The van der Waals surface area contributed by atoms with E-state index in [2.05, 4.69) is 0 Å². The fraction of sp³-hybridized carbons (Fsp3) is 0.400. The van der Waals surface area contributed by atoms with E-state index in [-0.39, 0.29) is 12.6 Å². The Bertz CT molecular complexity index is 303. The third-order valence-corrected chi connectivity index (χ3v) is 2.11. The van der Waals surface area contributed by atoms with Crippen LogP contribution in [0.1, 0.15) is 17.2 Å². The average Bonchev–Trinajstić information content (AvgIpc) is 2.19. The molecule has 2 N–H and O–H groups in total. The largest absolute Gasteiger partial charge is 0.416 e. The van der Waals surface area contributed by atoms with Crippen molar-refractivity contribution < 1.29 is 17.9 Å². The second-order valence-electron chi connectivity index (χ2n) is 3.08. The van der Waals surface area contributed by atoms with Gasteiger partial charge in [-0.2, -0.15) is 13.2 Å². The van der Waals surface area contributed by atoms with Crippen molar-refractivity contribution in [3.8, 4) is 0 Å². The van der Waals surface area contributed by atoms with Crippen molar-refractivity contribution in [3.05, 3.63) is 35.4 Å². The van der Waals surface area contributed by atoms with E-state index in [1.807, 2.05) is 0 Å². The molecule has 5 heteroatoms. The Balaban J connectivity index is 2.89. The van der Waals surface area contributed by atoms with E-state index in [4.69, 9.17) is 10.5 Å². The third kappa shape index (κ3) is 2.94. The van der Waals surface area contributed by atoms with Crippen LogP contribution in [0.3, 0.4) is 0 Å². The predicted octanol–water partition coefficient (Wildman–Crippen LogP) is 2.35. The molecule has 0 aliphatic carbocycles. The van der Waals surface area contributed by atoms with Gasteiger partial charge in [0.1, 0.15) is 0 Å². The third-order valence-electron chi connectivity index (χ3n) is 2.11. The fourth-order valence-electron chi connectivity index (χ4n) is 1.26. The zero-order chi connectivity index (χ0) is 11.5. The molecule has 0 radical (unpaired) electrons. The van der Waals surface area contributed by atoms with Gasteiger partial charge in [-0.3, -0.25) is 0 Å². The van der Waals surface area contributed by atoms with Crippen molar-refractivity contribution in [2.24, 2.45) is 5.73 Å². The van der Waals surface area contributed by atoms with Crippen LogP contribution in [0.4, 0.5) is 13.2 Å². The minimum atomic E-state index is -4.30. The molecule has 1 unspecified atom stereocenters. The summed E-state index contributed by atoms with van der Waals surface area (Å²) in [6.45, 7) is 0.238. The smallest absolute Gasteiger partial charge is 0.375 e. The van der Waals surface area contributed by atoms with Gasteiger partial charge in [0, 0.05) is 13.7 Å². The lowest BCUT2D eigenvalue weighted by atomic mass is 10.1. The van der Waals surface area contributed by atoms with Crippen LogP contribution in [0, 0.1) is 0 Å². The first-order valence-corrected chi connectivity index (χ1v) is 4.39. The summed E-state index contributed by atoms with van der Waals surface area (Å²) in [6, 6.07) is 4.81. The van der Waals surface area contributed by atoms with Gasteiger partial charge in [0.05, 0.1) is 11.7 Å². The summed E-state index contributed by atoms with van der Waals surface area (Å²) in [5.41, 5.74) is 5.37. The molecule has 0 saturated heterocycles. The van der Waals surface area contributed by atoms with Crippen LogP contribution in [-0.4, -0.2) is 13.7 Å². The Morgan fingerprint density at radius 1 is 1.27 bits per heavy atom. The monoisotopic (exact) mass is 219 g/mol. The molecule has 0 bridgehead atoms. The summed E-state index contributed by atoms with van der Waals surface area (Å²) in [6.07, 6.45) is -4.66. The van der Waals surface area contributed by atoms with Crippen molar-refractivity contribution in [1.29, 1.82) is 0 Å². The van der Waals surface area contributed by atoms with Crippen molar-refractivity contribution in [2.75, 3.05) is 13.7 Å². The topological polar surface area (TPSA) is 35.2 Å². The quantitative estimate of drug-likeness (QED) is 0.846. The van der Waals surface area contributed by atoms with Gasteiger partial charge < -0.3 is 10.5 Å². The molecule has 0 aliphatic heterocycles. The maximum Gasteiger partial charge on any atom is 0.416 e. The van der Waals surface area contributed by atoms with Crippen LogP contribution in [0.25, 0.3) is 0 Å². The molecule has 0 amide bonds. The van der Waals surface area contributed by atoms with E-state index in [0.717, 1.165) is 12.1 Å². The molecule has 2 nitrogen and oxygen atoms in total.